The summed E-state index contributed by atoms with van der Waals surface area (Å²) in [5.41, 5.74) is 2.52. The van der Waals surface area contributed by atoms with Crippen molar-refractivity contribution in [1.82, 2.24) is 19.9 Å². The second-order valence-corrected chi connectivity index (χ2v) is 6.62. The first-order chi connectivity index (χ1) is 12.9. The lowest BCUT2D eigenvalue weighted by atomic mass is 9.88. The quantitative estimate of drug-likeness (QED) is 0.732. The molecule has 1 atom stereocenters. The standard InChI is InChI=1S/C18H17F3N4O2/c19-18(20,21)10-27-17(26)25-7-1-2-11(9-25)12-3-5-22-14-8-24-16-13(15(12)14)4-6-23-16/h3-6,8,11,22H,1-2,7,9-10H2. The highest BCUT2D eigenvalue weighted by Gasteiger charge is 2.32. The first-order valence-electron chi connectivity index (χ1n) is 8.61. The van der Waals surface area contributed by atoms with Gasteiger partial charge in [0.2, 0.25) is 0 Å². The molecule has 4 heterocycles. The first kappa shape index (κ1) is 17.6. The minimum atomic E-state index is -4.53. The summed E-state index contributed by atoms with van der Waals surface area (Å²) >= 11 is 0. The number of H-pyrrole nitrogens is 1. The number of alkyl halides is 3. The molecule has 27 heavy (non-hydrogen) atoms. The smallest absolute Gasteiger partial charge is 0.422 e. The van der Waals surface area contributed by atoms with Crippen molar-refractivity contribution < 1.29 is 22.7 Å². The minimum absolute atomic E-state index is 0.00483. The number of aromatic amines is 1. The molecule has 1 fully saturated rings. The zero-order chi connectivity index (χ0) is 19.0. The number of piperidine rings is 1. The van der Waals surface area contributed by atoms with Crippen molar-refractivity contribution >= 4 is 28.0 Å². The molecule has 0 bridgehead atoms. The highest BCUT2D eigenvalue weighted by Crippen LogP contribution is 2.34. The number of pyridine rings is 2. The molecule has 3 aromatic heterocycles. The maximum absolute atomic E-state index is 12.3. The van der Waals surface area contributed by atoms with Gasteiger partial charge in [-0.2, -0.15) is 13.2 Å². The Morgan fingerprint density at radius 2 is 2.19 bits per heavy atom. The third-order valence-electron chi connectivity index (χ3n) is 4.80. The number of nitrogens with zero attached hydrogens (tertiary/aromatic N) is 3. The largest absolute Gasteiger partial charge is 0.440 e. The molecule has 0 aromatic carbocycles. The van der Waals surface area contributed by atoms with Crippen LogP contribution in [-0.2, 0) is 4.74 Å². The predicted molar refractivity (Wildman–Crippen MR) is 92.3 cm³/mol. The molecule has 1 saturated heterocycles. The van der Waals surface area contributed by atoms with Crippen molar-refractivity contribution in [3.8, 4) is 0 Å². The lowest BCUT2D eigenvalue weighted by Crippen LogP contribution is -2.40. The van der Waals surface area contributed by atoms with E-state index in [0.29, 0.717) is 25.2 Å². The van der Waals surface area contributed by atoms with Gasteiger partial charge in [-0.15, -0.1) is 0 Å². The van der Waals surface area contributed by atoms with Gasteiger partial charge in [0.05, 0.1) is 11.7 Å². The number of amides is 1. The fraction of sp³-hybridized carbons (Fsp3) is 0.389. The Labute approximate surface area is 152 Å². The Balaban J connectivity index is 1.62. The van der Waals surface area contributed by atoms with E-state index in [4.69, 9.17) is 0 Å². The van der Waals surface area contributed by atoms with E-state index in [1.54, 1.807) is 12.4 Å². The van der Waals surface area contributed by atoms with E-state index in [2.05, 4.69) is 19.7 Å². The van der Waals surface area contributed by atoms with Crippen molar-refractivity contribution in [2.75, 3.05) is 19.7 Å². The number of hydrogen-bond donors (Lipinski definition) is 1. The average molecular weight is 378 g/mol. The molecule has 1 unspecified atom stereocenters. The van der Waals surface area contributed by atoms with E-state index in [1.165, 1.54) is 4.90 Å². The van der Waals surface area contributed by atoms with Gasteiger partial charge >= 0.3 is 12.3 Å². The van der Waals surface area contributed by atoms with Crippen LogP contribution in [0.1, 0.15) is 24.3 Å². The summed E-state index contributed by atoms with van der Waals surface area (Å²) < 4.78 is 41.3. The summed E-state index contributed by atoms with van der Waals surface area (Å²) in [5.74, 6) is -0.00483. The highest BCUT2D eigenvalue weighted by molar-refractivity contribution is 6.05. The van der Waals surface area contributed by atoms with Crippen LogP contribution in [0.3, 0.4) is 0 Å². The van der Waals surface area contributed by atoms with Crippen LogP contribution in [0, 0.1) is 0 Å². The van der Waals surface area contributed by atoms with Gasteiger partial charge in [-0.1, -0.05) is 0 Å². The Kier molecular flexibility index (Phi) is 4.37. The zero-order valence-electron chi connectivity index (χ0n) is 14.3. The monoisotopic (exact) mass is 378 g/mol. The van der Waals surface area contributed by atoms with Gasteiger partial charge in [-0.25, -0.2) is 14.8 Å². The Bertz CT molecular complexity index is 986. The summed E-state index contributed by atoms with van der Waals surface area (Å²) in [6, 6.07) is 3.84. The third kappa shape index (κ3) is 3.54. The number of nitrogens with one attached hydrogen (secondary N) is 1. The SMILES string of the molecule is O=C(OCC(F)(F)F)N1CCCC(c2cc[nH]c3cnc4nccc4c23)C1. The van der Waals surface area contributed by atoms with Gasteiger partial charge in [-0.05, 0) is 30.5 Å². The fourth-order valence-corrected chi connectivity index (χ4v) is 3.66. The number of aromatic nitrogens is 3. The number of hydrogen-bond acceptors (Lipinski definition) is 4. The summed E-state index contributed by atoms with van der Waals surface area (Å²) in [5, 5.41) is 1.90. The molecule has 0 radical (unpaired) electrons. The Hall–Kier alpha value is -2.84. The van der Waals surface area contributed by atoms with E-state index in [0.717, 1.165) is 28.3 Å². The van der Waals surface area contributed by atoms with E-state index in [1.807, 2.05) is 18.3 Å². The second kappa shape index (κ2) is 6.71. The topological polar surface area (TPSA) is 71.1 Å². The zero-order valence-corrected chi connectivity index (χ0v) is 14.3. The van der Waals surface area contributed by atoms with Crippen molar-refractivity contribution in [3.05, 3.63) is 36.3 Å². The summed E-state index contributed by atoms with van der Waals surface area (Å²) in [6.07, 6.45) is 1.29. The molecule has 1 aliphatic heterocycles. The second-order valence-electron chi connectivity index (χ2n) is 6.62. The van der Waals surface area contributed by atoms with Crippen LogP contribution in [0.4, 0.5) is 18.0 Å². The number of carbonyl (C=O) groups is 1. The van der Waals surface area contributed by atoms with Crippen LogP contribution < -0.4 is 0 Å². The van der Waals surface area contributed by atoms with E-state index >= 15 is 0 Å². The first-order valence-corrected chi connectivity index (χ1v) is 8.61. The lowest BCUT2D eigenvalue weighted by Gasteiger charge is -2.33. The van der Waals surface area contributed by atoms with Gasteiger partial charge in [0.15, 0.2) is 12.3 Å². The van der Waals surface area contributed by atoms with E-state index in [9.17, 15) is 18.0 Å². The van der Waals surface area contributed by atoms with Gasteiger partial charge in [0.1, 0.15) is 0 Å². The van der Waals surface area contributed by atoms with Gasteiger partial charge in [-0.3, -0.25) is 0 Å². The lowest BCUT2D eigenvalue weighted by molar-refractivity contribution is -0.162. The van der Waals surface area contributed by atoms with Crippen LogP contribution in [-0.4, -0.2) is 51.8 Å². The van der Waals surface area contributed by atoms with Crippen LogP contribution in [0.5, 0.6) is 0 Å². The number of halogens is 3. The normalized spacial score (nSPS) is 18.2. The number of likely N-dealkylation sites (tertiary alicyclic amines) is 1. The number of carbonyl (C=O) groups excluding carboxylic acids is 1. The van der Waals surface area contributed by atoms with Crippen molar-refractivity contribution in [3.63, 3.8) is 0 Å². The maximum Gasteiger partial charge on any atom is 0.422 e. The molecule has 6 nitrogen and oxygen atoms in total. The summed E-state index contributed by atoms with van der Waals surface area (Å²) in [4.78, 5) is 25.1. The molecular weight excluding hydrogens is 361 g/mol. The molecule has 142 valence electrons. The van der Waals surface area contributed by atoms with Gasteiger partial charge in [0, 0.05) is 42.2 Å². The minimum Gasteiger partial charge on any atom is -0.440 e. The van der Waals surface area contributed by atoms with Crippen LogP contribution in [0.25, 0.3) is 21.9 Å². The van der Waals surface area contributed by atoms with E-state index < -0.39 is 18.9 Å². The molecular formula is C18H17F3N4O2. The van der Waals surface area contributed by atoms with Crippen LogP contribution in [0.2, 0.25) is 0 Å². The van der Waals surface area contributed by atoms with Crippen molar-refractivity contribution in [1.29, 1.82) is 0 Å². The Morgan fingerprint density at radius 1 is 1.33 bits per heavy atom. The summed E-state index contributed by atoms with van der Waals surface area (Å²) in [6.45, 7) is -0.867. The van der Waals surface area contributed by atoms with Crippen LogP contribution in [0.15, 0.2) is 30.7 Å². The number of rotatable bonds is 2. The number of ether oxygens (including phenoxy) is 1. The van der Waals surface area contributed by atoms with Gasteiger partial charge in [0.25, 0.3) is 0 Å². The number of fused-ring (bicyclic) bond motifs is 3. The molecule has 9 heteroatoms. The van der Waals surface area contributed by atoms with Crippen molar-refractivity contribution in [2.45, 2.75) is 24.9 Å². The highest BCUT2D eigenvalue weighted by atomic mass is 19.4. The predicted octanol–water partition coefficient (Wildman–Crippen LogP) is 3.99. The molecule has 0 saturated carbocycles. The third-order valence-corrected chi connectivity index (χ3v) is 4.80. The van der Waals surface area contributed by atoms with Crippen LogP contribution >= 0.6 is 0 Å². The van der Waals surface area contributed by atoms with Crippen molar-refractivity contribution in [2.24, 2.45) is 0 Å². The Morgan fingerprint density at radius 3 is 3.00 bits per heavy atom. The van der Waals surface area contributed by atoms with Gasteiger partial charge < -0.3 is 14.6 Å². The fourth-order valence-electron chi connectivity index (χ4n) is 3.66. The molecule has 3 aromatic rings. The molecule has 1 aliphatic rings. The molecule has 4 rings (SSSR count). The molecule has 0 spiro atoms. The molecule has 1 amide bonds. The molecule has 1 N–H and O–H groups in total. The maximum atomic E-state index is 12.3. The molecule has 0 aliphatic carbocycles. The van der Waals surface area contributed by atoms with E-state index in [-0.39, 0.29) is 5.92 Å². The summed E-state index contributed by atoms with van der Waals surface area (Å²) in [7, 11) is 0. The average Bonchev–Trinajstić information content (AvgIpc) is 3.14.